The molecule has 1 heterocycles. The Morgan fingerprint density at radius 1 is 1.21 bits per heavy atom. The van der Waals surface area contributed by atoms with E-state index in [2.05, 4.69) is 15.5 Å². The van der Waals surface area contributed by atoms with Crippen molar-refractivity contribution in [3.8, 4) is 5.75 Å². The van der Waals surface area contributed by atoms with E-state index in [1.54, 1.807) is 36.4 Å². The van der Waals surface area contributed by atoms with Crippen molar-refractivity contribution in [3.63, 3.8) is 0 Å². The highest BCUT2D eigenvalue weighted by Gasteiger charge is 2.30. The highest BCUT2D eigenvalue weighted by atomic mass is 32.2. The molecule has 144 valence electrons. The van der Waals surface area contributed by atoms with Crippen molar-refractivity contribution in [1.29, 1.82) is 0 Å². The lowest BCUT2D eigenvalue weighted by Crippen LogP contribution is -2.31. The van der Waals surface area contributed by atoms with E-state index in [0.717, 1.165) is 22.9 Å². The summed E-state index contributed by atoms with van der Waals surface area (Å²) in [5.74, 6) is -1.36. The van der Waals surface area contributed by atoms with Gasteiger partial charge < -0.3 is 20.0 Å². The fourth-order valence-electron chi connectivity index (χ4n) is 2.28. The lowest BCUT2D eigenvalue weighted by Gasteiger charge is -2.06. The first-order chi connectivity index (χ1) is 13.5. The lowest BCUT2D eigenvalue weighted by atomic mass is 10.2. The monoisotopic (exact) mass is 400 g/mol. The molecule has 1 aliphatic heterocycles. The standard InChI is InChI=1S/C19H16FN3O4S/c20-14-5-1-13(2-6-14)11-27-15-7-3-12(4-8-15)10-21-23-19-22-18(26)16(28-19)9-17(24)25/h1-8,10,16H,9,11H2,(H,24,25)(H,22,23,26)/p-1/b21-10-/t16-/m0/s1. The van der Waals surface area contributed by atoms with Crippen LogP contribution in [0.2, 0.25) is 0 Å². The Morgan fingerprint density at radius 2 is 1.93 bits per heavy atom. The highest BCUT2D eigenvalue weighted by molar-refractivity contribution is 8.15. The van der Waals surface area contributed by atoms with Gasteiger partial charge in [-0.3, -0.25) is 4.79 Å². The zero-order chi connectivity index (χ0) is 19.9. The van der Waals surface area contributed by atoms with Crippen molar-refractivity contribution in [1.82, 2.24) is 5.32 Å². The minimum absolute atomic E-state index is 0.242. The number of benzene rings is 2. The Bertz CT molecular complexity index is 914. The molecule has 7 nitrogen and oxygen atoms in total. The van der Waals surface area contributed by atoms with Crippen LogP contribution in [0.5, 0.6) is 5.75 Å². The number of carbonyl (C=O) groups excluding carboxylic acids is 2. The second kappa shape index (κ2) is 9.14. The van der Waals surface area contributed by atoms with Crippen molar-refractivity contribution in [2.24, 2.45) is 10.2 Å². The SMILES string of the molecule is O=C([O-])C[C@@H]1S/C(=N\N=C/c2ccc(OCc3ccc(F)cc3)cc2)NC1=O. The molecule has 0 unspecified atom stereocenters. The molecule has 0 aliphatic carbocycles. The number of amides is 1. The van der Waals surface area contributed by atoms with Gasteiger partial charge in [-0.2, -0.15) is 5.10 Å². The molecule has 28 heavy (non-hydrogen) atoms. The van der Waals surface area contributed by atoms with Crippen LogP contribution in [-0.2, 0) is 16.2 Å². The molecule has 0 bridgehead atoms. The number of carboxylic acid groups (broad SMARTS) is 1. The van der Waals surface area contributed by atoms with Crippen LogP contribution >= 0.6 is 11.8 Å². The quantitative estimate of drug-likeness (QED) is 0.560. The minimum atomic E-state index is -1.29. The summed E-state index contributed by atoms with van der Waals surface area (Å²) < 4.78 is 18.5. The van der Waals surface area contributed by atoms with Crippen LogP contribution in [0.1, 0.15) is 17.5 Å². The van der Waals surface area contributed by atoms with Crippen molar-refractivity contribution < 1.29 is 23.8 Å². The molecular weight excluding hydrogens is 385 g/mol. The summed E-state index contributed by atoms with van der Waals surface area (Å²) in [4.78, 5) is 22.2. The van der Waals surface area contributed by atoms with E-state index in [4.69, 9.17) is 4.74 Å². The number of rotatable bonds is 7. The van der Waals surface area contributed by atoms with Crippen LogP contribution in [0, 0.1) is 5.82 Å². The summed E-state index contributed by atoms with van der Waals surface area (Å²) in [7, 11) is 0. The molecule has 9 heteroatoms. The lowest BCUT2D eigenvalue weighted by molar-refractivity contribution is -0.305. The van der Waals surface area contributed by atoms with Gasteiger partial charge in [0.05, 0.1) is 11.5 Å². The van der Waals surface area contributed by atoms with Crippen LogP contribution in [0.15, 0.2) is 58.7 Å². The van der Waals surface area contributed by atoms with E-state index in [9.17, 15) is 19.1 Å². The molecule has 1 atom stereocenters. The van der Waals surface area contributed by atoms with Crippen LogP contribution in [0.3, 0.4) is 0 Å². The summed E-state index contributed by atoms with van der Waals surface area (Å²) in [6.07, 6.45) is 1.12. The molecule has 1 saturated heterocycles. The fourth-order valence-corrected chi connectivity index (χ4v) is 3.19. The van der Waals surface area contributed by atoms with E-state index in [1.165, 1.54) is 18.3 Å². The van der Waals surface area contributed by atoms with Gasteiger partial charge in [-0.25, -0.2) is 4.39 Å². The summed E-state index contributed by atoms with van der Waals surface area (Å²) in [5, 5.41) is 20.3. The Kier molecular flexibility index (Phi) is 6.38. The van der Waals surface area contributed by atoms with E-state index >= 15 is 0 Å². The number of hydrogen-bond acceptors (Lipinski definition) is 7. The van der Waals surface area contributed by atoms with Gasteiger partial charge in [0.15, 0.2) is 5.17 Å². The number of nitrogens with zero attached hydrogens (tertiary/aromatic N) is 2. The first-order valence-electron chi connectivity index (χ1n) is 8.25. The van der Waals surface area contributed by atoms with E-state index in [-0.39, 0.29) is 17.4 Å². The maximum Gasteiger partial charge on any atom is 0.239 e. The normalized spacial score (nSPS) is 17.8. The second-order valence-corrected chi connectivity index (χ2v) is 7.00. The van der Waals surface area contributed by atoms with Gasteiger partial charge in [0.1, 0.15) is 18.2 Å². The first kappa shape index (κ1) is 19.6. The zero-order valence-electron chi connectivity index (χ0n) is 14.5. The van der Waals surface area contributed by atoms with Crippen LogP contribution in [0.4, 0.5) is 4.39 Å². The minimum Gasteiger partial charge on any atom is -0.550 e. The average Bonchev–Trinajstić information content (AvgIpc) is 3.01. The maximum atomic E-state index is 12.9. The molecule has 0 radical (unpaired) electrons. The summed E-state index contributed by atoms with van der Waals surface area (Å²) in [6.45, 7) is 0.325. The Balaban J connectivity index is 1.52. The number of ether oxygens (including phenoxy) is 1. The predicted octanol–water partition coefficient (Wildman–Crippen LogP) is 1.47. The predicted molar refractivity (Wildman–Crippen MR) is 101 cm³/mol. The molecule has 0 spiro atoms. The Hall–Kier alpha value is -3.20. The third-order valence-electron chi connectivity index (χ3n) is 3.68. The molecule has 1 aliphatic rings. The van der Waals surface area contributed by atoms with Gasteiger partial charge in [0.25, 0.3) is 0 Å². The smallest absolute Gasteiger partial charge is 0.239 e. The van der Waals surface area contributed by atoms with Crippen molar-refractivity contribution in [2.45, 2.75) is 18.3 Å². The van der Waals surface area contributed by atoms with Crippen LogP contribution in [-0.4, -0.2) is 28.5 Å². The number of amidine groups is 1. The van der Waals surface area contributed by atoms with Crippen molar-refractivity contribution >= 4 is 35.0 Å². The number of carboxylic acids is 1. The number of aliphatic carboxylic acids is 1. The van der Waals surface area contributed by atoms with Gasteiger partial charge in [0, 0.05) is 12.4 Å². The van der Waals surface area contributed by atoms with Gasteiger partial charge in [-0.05, 0) is 47.5 Å². The third kappa shape index (κ3) is 5.65. The van der Waals surface area contributed by atoms with Gasteiger partial charge in [-0.1, -0.05) is 23.9 Å². The number of thioether (sulfide) groups is 1. The van der Waals surface area contributed by atoms with Gasteiger partial charge >= 0.3 is 0 Å². The molecule has 2 aromatic carbocycles. The Labute approximate surface area is 164 Å². The fraction of sp³-hybridized carbons (Fsp3) is 0.158. The van der Waals surface area contributed by atoms with Crippen LogP contribution in [0.25, 0.3) is 0 Å². The average molecular weight is 400 g/mol. The molecule has 0 saturated carbocycles. The summed E-state index contributed by atoms with van der Waals surface area (Å²) in [6, 6.07) is 13.2. The van der Waals surface area contributed by atoms with E-state index in [0.29, 0.717) is 12.4 Å². The second-order valence-electron chi connectivity index (χ2n) is 5.81. The van der Waals surface area contributed by atoms with E-state index < -0.39 is 17.1 Å². The molecule has 2 aromatic rings. The maximum absolute atomic E-state index is 12.9. The molecule has 3 rings (SSSR count). The molecule has 1 fully saturated rings. The summed E-state index contributed by atoms with van der Waals surface area (Å²) >= 11 is 1.00. The summed E-state index contributed by atoms with van der Waals surface area (Å²) in [5.41, 5.74) is 1.62. The molecule has 1 amide bonds. The molecule has 0 aromatic heterocycles. The Morgan fingerprint density at radius 3 is 2.61 bits per heavy atom. The van der Waals surface area contributed by atoms with Gasteiger partial charge in [0.2, 0.25) is 5.91 Å². The molecular formula is C19H15FN3O4S-. The number of carbonyl (C=O) groups is 2. The molecule has 1 N–H and O–H groups in total. The number of hydrogen-bond donors (Lipinski definition) is 1. The van der Waals surface area contributed by atoms with Crippen molar-refractivity contribution in [3.05, 3.63) is 65.5 Å². The van der Waals surface area contributed by atoms with Crippen molar-refractivity contribution in [2.75, 3.05) is 0 Å². The first-order valence-corrected chi connectivity index (χ1v) is 9.13. The topological polar surface area (TPSA) is 103 Å². The highest BCUT2D eigenvalue weighted by Crippen LogP contribution is 2.22. The van der Waals surface area contributed by atoms with Gasteiger partial charge in [-0.15, -0.1) is 5.10 Å². The zero-order valence-corrected chi connectivity index (χ0v) is 15.3. The largest absolute Gasteiger partial charge is 0.550 e. The van der Waals surface area contributed by atoms with E-state index in [1.807, 2.05) is 0 Å². The third-order valence-corrected chi connectivity index (χ3v) is 4.75. The number of halogens is 1. The number of nitrogens with one attached hydrogen (secondary N) is 1. The van der Waals surface area contributed by atoms with Crippen LogP contribution < -0.4 is 15.2 Å².